The second-order valence-corrected chi connectivity index (χ2v) is 7.48. The van der Waals surface area contributed by atoms with Gasteiger partial charge < -0.3 is 5.32 Å². The lowest BCUT2D eigenvalue weighted by atomic mass is 10.1. The van der Waals surface area contributed by atoms with Gasteiger partial charge in [0.2, 0.25) is 0 Å². The SMILES string of the molecule is CCC1=Cc2c(cnn2-c2ccc(F)cc2)C(C(=O)NCc2ccc(C)cc2)=CC1. The Balaban J connectivity index is 1.64. The summed E-state index contributed by atoms with van der Waals surface area (Å²) in [6, 6.07) is 14.3. The van der Waals surface area contributed by atoms with Gasteiger partial charge in [-0.15, -0.1) is 0 Å². The normalized spacial score (nSPS) is 13.2. The maximum Gasteiger partial charge on any atom is 0.251 e. The Morgan fingerprint density at radius 2 is 1.87 bits per heavy atom. The molecule has 0 fully saturated rings. The molecule has 1 N–H and O–H groups in total. The molecular formula is C25H24FN3O. The van der Waals surface area contributed by atoms with Crippen molar-refractivity contribution >= 4 is 17.6 Å². The number of carbonyl (C=O) groups excluding carboxylic acids is 1. The molecule has 0 atom stereocenters. The van der Waals surface area contributed by atoms with E-state index >= 15 is 0 Å². The third kappa shape index (κ3) is 4.10. The molecule has 1 aromatic heterocycles. The highest BCUT2D eigenvalue weighted by atomic mass is 19.1. The first-order valence-electron chi connectivity index (χ1n) is 10.1. The molecule has 0 saturated carbocycles. The number of nitrogens with one attached hydrogen (secondary N) is 1. The molecule has 30 heavy (non-hydrogen) atoms. The maximum absolute atomic E-state index is 13.4. The van der Waals surface area contributed by atoms with Crippen molar-refractivity contribution in [2.24, 2.45) is 0 Å². The highest BCUT2D eigenvalue weighted by Crippen LogP contribution is 2.30. The van der Waals surface area contributed by atoms with Crippen molar-refractivity contribution in [2.45, 2.75) is 33.2 Å². The second-order valence-electron chi connectivity index (χ2n) is 7.48. The number of aromatic nitrogens is 2. The molecule has 0 unspecified atom stereocenters. The van der Waals surface area contributed by atoms with Crippen molar-refractivity contribution in [1.29, 1.82) is 0 Å². The fourth-order valence-corrected chi connectivity index (χ4v) is 3.53. The van der Waals surface area contributed by atoms with E-state index < -0.39 is 0 Å². The van der Waals surface area contributed by atoms with Crippen LogP contribution in [0.1, 0.15) is 42.1 Å². The van der Waals surface area contributed by atoms with Gasteiger partial charge in [-0.25, -0.2) is 9.07 Å². The van der Waals surface area contributed by atoms with Crippen LogP contribution in [-0.2, 0) is 11.3 Å². The maximum atomic E-state index is 13.4. The molecule has 5 heteroatoms. The second kappa shape index (κ2) is 8.49. The largest absolute Gasteiger partial charge is 0.348 e. The third-order valence-corrected chi connectivity index (χ3v) is 5.35. The Bertz CT molecular complexity index is 1120. The van der Waals surface area contributed by atoms with Crippen LogP contribution in [0.4, 0.5) is 4.39 Å². The summed E-state index contributed by atoms with van der Waals surface area (Å²) in [5.41, 5.74) is 6.44. The number of rotatable bonds is 5. The zero-order valence-electron chi connectivity index (χ0n) is 17.2. The fourth-order valence-electron chi connectivity index (χ4n) is 3.53. The van der Waals surface area contributed by atoms with E-state index in [1.807, 2.05) is 37.3 Å². The van der Waals surface area contributed by atoms with Gasteiger partial charge in [-0.1, -0.05) is 48.4 Å². The third-order valence-electron chi connectivity index (χ3n) is 5.35. The highest BCUT2D eigenvalue weighted by Gasteiger charge is 2.22. The van der Waals surface area contributed by atoms with Gasteiger partial charge in [0.05, 0.1) is 17.6 Å². The van der Waals surface area contributed by atoms with E-state index in [2.05, 4.69) is 23.4 Å². The van der Waals surface area contributed by atoms with Gasteiger partial charge >= 0.3 is 0 Å². The molecule has 0 spiro atoms. The van der Waals surface area contributed by atoms with E-state index in [9.17, 15) is 9.18 Å². The van der Waals surface area contributed by atoms with Crippen LogP contribution in [0.15, 0.2) is 66.4 Å². The van der Waals surface area contributed by atoms with E-state index in [4.69, 9.17) is 0 Å². The summed E-state index contributed by atoms with van der Waals surface area (Å²) >= 11 is 0. The van der Waals surface area contributed by atoms with Crippen LogP contribution in [0.3, 0.4) is 0 Å². The van der Waals surface area contributed by atoms with E-state index in [1.165, 1.54) is 23.3 Å². The quantitative estimate of drug-likeness (QED) is 0.637. The topological polar surface area (TPSA) is 46.9 Å². The lowest BCUT2D eigenvalue weighted by Crippen LogP contribution is -2.24. The fraction of sp³-hybridized carbons (Fsp3) is 0.200. The van der Waals surface area contributed by atoms with E-state index in [0.717, 1.165) is 28.9 Å². The summed E-state index contributed by atoms with van der Waals surface area (Å²) in [5, 5.41) is 7.53. The number of halogens is 1. The van der Waals surface area contributed by atoms with E-state index in [0.29, 0.717) is 18.5 Å². The summed E-state index contributed by atoms with van der Waals surface area (Å²) in [6.07, 6.45) is 7.36. The van der Waals surface area contributed by atoms with Gasteiger partial charge in [0.1, 0.15) is 5.82 Å². The molecule has 3 aromatic rings. The Morgan fingerprint density at radius 1 is 1.13 bits per heavy atom. The van der Waals surface area contributed by atoms with Crippen LogP contribution in [0.25, 0.3) is 17.3 Å². The molecule has 1 aliphatic rings. The Hall–Kier alpha value is -3.47. The Kier molecular flexibility index (Phi) is 5.61. The standard InChI is InChI=1S/C25H24FN3O/c1-3-18-8-13-22(25(30)27-15-19-6-4-17(2)5-7-19)23-16-28-29(24(23)14-18)21-11-9-20(26)10-12-21/h4-7,9-14,16H,3,8,15H2,1-2H3,(H,27,30). The predicted octanol–water partition coefficient (Wildman–Crippen LogP) is 5.22. The minimum atomic E-state index is -0.294. The predicted molar refractivity (Wildman–Crippen MR) is 117 cm³/mol. The lowest BCUT2D eigenvalue weighted by Gasteiger charge is -2.10. The van der Waals surface area contributed by atoms with Crippen LogP contribution in [0, 0.1) is 12.7 Å². The van der Waals surface area contributed by atoms with Crippen LogP contribution in [0.5, 0.6) is 0 Å². The average molecular weight is 401 g/mol. The molecule has 1 aliphatic carbocycles. The smallest absolute Gasteiger partial charge is 0.251 e. The molecule has 2 aromatic carbocycles. The molecular weight excluding hydrogens is 377 g/mol. The number of nitrogens with zero attached hydrogens (tertiary/aromatic N) is 2. The van der Waals surface area contributed by atoms with E-state index in [-0.39, 0.29) is 11.7 Å². The number of benzene rings is 2. The van der Waals surface area contributed by atoms with E-state index in [1.54, 1.807) is 23.0 Å². The van der Waals surface area contributed by atoms with Crippen molar-refractivity contribution in [3.05, 3.63) is 94.6 Å². The molecule has 0 radical (unpaired) electrons. The average Bonchev–Trinajstić information content (AvgIpc) is 3.06. The number of amides is 1. The monoisotopic (exact) mass is 401 g/mol. The van der Waals surface area contributed by atoms with Gasteiger partial charge in [-0.05, 0) is 55.7 Å². The molecule has 152 valence electrons. The number of allylic oxidation sites excluding steroid dienone is 2. The molecule has 0 aliphatic heterocycles. The van der Waals surface area contributed by atoms with Crippen molar-refractivity contribution in [2.75, 3.05) is 0 Å². The molecule has 0 saturated heterocycles. The zero-order valence-corrected chi connectivity index (χ0v) is 17.2. The number of hydrogen-bond donors (Lipinski definition) is 1. The number of carbonyl (C=O) groups is 1. The zero-order chi connectivity index (χ0) is 21.1. The van der Waals surface area contributed by atoms with Gasteiger partial charge in [0.25, 0.3) is 5.91 Å². The summed E-state index contributed by atoms with van der Waals surface area (Å²) in [7, 11) is 0. The van der Waals surface area contributed by atoms with Gasteiger partial charge in [-0.3, -0.25) is 4.79 Å². The number of fused-ring (bicyclic) bond motifs is 1. The molecule has 0 bridgehead atoms. The lowest BCUT2D eigenvalue weighted by molar-refractivity contribution is -0.115. The highest BCUT2D eigenvalue weighted by molar-refractivity contribution is 6.20. The minimum Gasteiger partial charge on any atom is -0.348 e. The van der Waals surface area contributed by atoms with Crippen LogP contribution < -0.4 is 5.32 Å². The van der Waals surface area contributed by atoms with Crippen molar-refractivity contribution in [3.63, 3.8) is 0 Å². The van der Waals surface area contributed by atoms with Crippen molar-refractivity contribution in [1.82, 2.24) is 15.1 Å². The van der Waals surface area contributed by atoms with Crippen LogP contribution in [-0.4, -0.2) is 15.7 Å². The minimum absolute atomic E-state index is 0.124. The molecule has 1 heterocycles. The first-order chi connectivity index (χ1) is 14.5. The Labute approximate surface area is 175 Å². The Morgan fingerprint density at radius 3 is 2.57 bits per heavy atom. The number of aryl methyl sites for hydroxylation is 1. The molecule has 4 rings (SSSR count). The van der Waals surface area contributed by atoms with Gasteiger partial charge in [0, 0.05) is 17.7 Å². The summed E-state index contributed by atoms with van der Waals surface area (Å²) in [6.45, 7) is 4.60. The van der Waals surface area contributed by atoms with Gasteiger partial charge in [-0.2, -0.15) is 5.10 Å². The molecule has 4 nitrogen and oxygen atoms in total. The van der Waals surface area contributed by atoms with Crippen LogP contribution in [0.2, 0.25) is 0 Å². The summed E-state index contributed by atoms with van der Waals surface area (Å²) < 4.78 is 15.1. The summed E-state index contributed by atoms with van der Waals surface area (Å²) in [5.74, 6) is -0.418. The first kappa shape index (κ1) is 19.8. The van der Waals surface area contributed by atoms with Crippen molar-refractivity contribution in [3.8, 4) is 5.69 Å². The summed E-state index contributed by atoms with van der Waals surface area (Å²) in [4.78, 5) is 13.1. The van der Waals surface area contributed by atoms with Crippen molar-refractivity contribution < 1.29 is 9.18 Å². The first-order valence-corrected chi connectivity index (χ1v) is 10.1. The van der Waals surface area contributed by atoms with Crippen LogP contribution >= 0.6 is 0 Å². The molecule has 1 amide bonds. The van der Waals surface area contributed by atoms with Gasteiger partial charge in [0.15, 0.2) is 0 Å². The number of hydrogen-bond acceptors (Lipinski definition) is 2.